The minimum absolute atomic E-state index is 0.136. The molecule has 0 aliphatic rings. The fourth-order valence-corrected chi connectivity index (χ4v) is 3.19. The Morgan fingerprint density at radius 1 is 1.21 bits per heavy atom. The van der Waals surface area contributed by atoms with Gasteiger partial charge in [-0.2, -0.15) is 0 Å². The molecular weight excluding hydrogens is 358 g/mol. The fourth-order valence-electron chi connectivity index (χ4n) is 3.19. The topological polar surface area (TPSA) is 92.4 Å². The summed E-state index contributed by atoms with van der Waals surface area (Å²) in [6.45, 7) is 9.13. The van der Waals surface area contributed by atoms with Crippen LogP contribution in [0.5, 0.6) is 0 Å². The highest BCUT2D eigenvalue weighted by molar-refractivity contribution is 6.06. The lowest BCUT2D eigenvalue weighted by atomic mass is 9.99. The van der Waals surface area contributed by atoms with Crippen molar-refractivity contribution in [2.24, 2.45) is 0 Å². The molecule has 0 aromatic carbocycles. The molecule has 150 valence electrons. The number of rotatable bonds is 8. The van der Waals surface area contributed by atoms with Crippen molar-refractivity contribution in [2.75, 3.05) is 6.61 Å². The molecule has 0 unspecified atom stereocenters. The van der Waals surface area contributed by atoms with Gasteiger partial charge in [-0.1, -0.05) is 13.0 Å². The smallest absolute Gasteiger partial charge is 0.355 e. The molecule has 1 amide bonds. The van der Waals surface area contributed by atoms with Crippen LogP contribution in [0.2, 0.25) is 0 Å². The highest BCUT2D eigenvalue weighted by atomic mass is 16.5. The molecule has 2 rings (SSSR count). The maximum absolute atomic E-state index is 13.2. The highest BCUT2D eigenvalue weighted by Gasteiger charge is 2.31. The molecule has 28 heavy (non-hydrogen) atoms. The first-order valence-electron chi connectivity index (χ1n) is 9.41. The number of carbonyl (C=O) groups excluding carboxylic acids is 3. The van der Waals surface area contributed by atoms with E-state index in [1.54, 1.807) is 46.9 Å². The summed E-state index contributed by atoms with van der Waals surface area (Å²) in [5.74, 6) is -0.854. The number of ether oxygens (including phenoxy) is 1. The van der Waals surface area contributed by atoms with E-state index in [4.69, 9.17) is 4.74 Å². The number of carbonyl (C=O) groups is 3. The van der Waals surface area contributed by atoms with Crippen molar-refractivity contribution in [1.82, 2.24) is 14.9 Å². The molecule has 0 spiro atoms. The fraction of sp³-hybridized carbons (Fsp3) is 0.429. The average molecular weight is 385 g/mol. The van der Waals surface area contributed by atoms with Crippen molar-refractivity contribution in [3.63, 3.8) is 0 Å². The molecule has 0 radical (unpaired) electrons. The van der Waals surface area contributed by atoms with Crippen LogP contribution in [0.1, 0.15) is 65.0 Å². The highest BCUT2D eigenvalue weighted by Crippen LogP contribution is 2.23. The molecule has 0 aliphatic heterocycles. The van der Waals surface area contributed by atoms with Crippen molar-refractivity contribution in [1.29, 1.82) is 0 Å². The first-order valence-corrected chi connectivity index (χ1v) is 9.41. The molecule has 0 saturated heterocycles. The van der Waals surface area contributed by atoms with Crippen LogP contribution in [-0.4, -0.2) is 45.2 Å². The molecule has 2 aromatic heterocycles. The van der Waals surface area contributed by atoms with Gasteiger partial charge in [0.05, 0.1) is 24.9 Å². The standard InChI is InChI=1S/C21H27N3O4/c1-6-17(25)24(12-16-10-8-9-11-22-16)15(5)20(26)18-13(3)19(23-14(18)4)21(27)28-7-2/h8-11,15,23H,6-7,12H2,1-5H3/t15-/m0/s1. The van der Waals surface area contributed by atoms with E-state index >= 15 is 0 Å². The Morgan fingerprint density at radius 2 is 1.93 bits per heavy atom. The summed E-state index contributed by atoms with van der Waals surface area (Å²) in [6.07, 6.45) is 1.94. The Kier molecular flexibility index (Phi) is 7.09. The summed E-state index contributed by atoms with van der Waals surface area (Å²) in [5.41, 5.74) is 2.52. The molecular formula is C21H27N3O4. The summed E-state index contributed by atoms with van der Waals surface area (Å²) in [6, 6.07) is 4.76. The van der Waals surface area contributed by atoms with Crippen molar-refractivity contribution in [3.05, 3.63) is 52.6 Å². The number of hydrogen-bond acceptors (Lipinski definition) is 5. The van der Waals surface area contributed by atoms with E-state index in [2.05, 4.69) is 9.97 Å². The van der Waals surface area contributed by atoms with E-state index in [0.717, 1.165) is 0 Å². The third-order valence-corrected chi connectivity index (χ3v) is 4.69. The zero-order valence-electron chi connectivity index (χ0n) is 17.0. The van der Waals surface area contributed by atoms with Crippen molar-refractivity contribution in [3.8, 4) is 0 Å². The van der Waals surface area contributed by atoms with E-state index in [1.807, 2.05) is 12.1 Å². The molecule has 0 fully saturated rings. The van der Waals surface area contributed by atoms with Gasteiger partial charge in [0, 0.05) is 23.9 Å². The third kappa shape index (κ3) is 4.47. The van der Waals surface area contributed by atoms with Crippen LogP contribution in [0, 0.1) is 13.8 Å². The number of esters is 1. The lowest BCUT2D eigenvalue weighted by Crippen LogP contribution is -2.43. The van der Waals surface area contributed by atoms with Gasteiger partial charge in [-0.15, -0.1) is 0 Å². The maximum Gasteiger partial charge on any atom is 0.355 e. The molecule has 0 bridgehead atoms. The Labute approximate surface area is 165 Å². The zero-order valence-corrected chi connectivity index (χ0v) is 17.0. The number of aryl methyl sites for hydroxylation is 1. The second-order valence-electron chi connectivity index (χ2n) is 6.58. The van der Waals surface area contributed by atoms with Gasteiger partial charge < -0.3 is 14.6 Å². The lowest BCUT2D eigenvalue weighted by molar-refractivity contribution is -0.132. The molecule has 7 nitrogen and oxygen atoms in total. The van der Waals surface area contributed by atoms with Crippen LogP contribution in [0.4, 0.5) is 0 Å². The first-order chi connectivity index (χ1) is 13.3. The molecule has 1 N–H and O–H groups in total. The lowest BCUT2D eigenvalue weighted by Gasteiger charge is -2.28. The SMILES string of the molecule is CCOC(=O)c1[nH]c(C)c(C(=O)[C@H](C)N(Cc2ccccn2)C(=O)CC)c1C. The predicted octanol–water partition coefficient (Wildman–Crippen LogP) is 3.21. The first kappa shape index (κ1) is 21.3. The Morgan fingerprint density at radius 3 is 2.50 bits per heavy atom. The van der Waals surface area contributed by atoms with Gasteiger partial charge in [-0.3, -0.25) is 14.6 Å². The number of nitrogens with one attached hydrogen (secondary N) is 1. The number of pyridine rings is 1. The number of aromatic nitrogens is 2. The second kappa shape index (κ2) is 9.30. The summed E-state index contributed by atoms with van der Waals surface area (Å²) in [4.78, 5) is 46.6. The van der Waals surface area contributed by atoms with Crippen molar-refractivity contribution >= 4 is 17.7 Å². The summed E-state index contributed by atoms with van der Waals surface area (Å²) in [5, 5.41) is 0. The number of aromatic amines is 1. The Bertz CT molecular complexity index is 858. The van der Waals surface area contributed by atoms with Gasteiger partial charge in [0.15, 0.2) is 5.78 Å². The van der Waals surface area contributed by atoms with Gasteiger partial charge >= 0.3 is 5.97 Å². The van der Waals surface area contributed by atoms with Gasteiger partial charge in [-0.25, -0.2) is 4.79 Å². The van der Waals surface area contributed by atoms with Gasteiger partial charge in [0.1, 0.15) is 5.69 Å². The van der Waals surface area contributed by atoms with Crippen LogP contribution in [0.25, 0.3) is 0 Å². The number of ketones is 1. The molecule has 1 atom stereocenters. The number of nitrogens with zero attached hydrogens (tertiary/aromatic N) is 2. The van der Waals surface area contributed by atoms with Crippen LogP contribution >= 0.6 is 0 Å². The zero-order chi connectivity index (χ0) is 20.8. The molecule has 0 aliphatic carbocycles. The van der Waals surface area contributed by atoms with Crippen molar-refractivity contribution in [2.45, 2.75) is 53.6 Å². The largest absolute Gasteiger partial charge is 0.461 e. The number of H-pyrrole nitrogens is 1. The average Bonchev–Trinajstić information content (AvgIpc) is 2.99. The predicted molar refractivity (Wildman–Crippen MR) is 105 cm³/mol. The molecule has 2 heterocycles. The summed E-state index contributed by atoms with van der Waals surface area (Å²) >= 11 is 0. The van der Waals surface area contributed by atoms with E-state index in [0.29, 0.717) is 22.5 Å². The minimum atomic E-state index is -0.697. The molecule has 2 aromatic rings. The van der Waals surface area contributed by atoms with E-state index in [9.17, 15) is 14.4 Å². The molecule has 0 saturated carbocycles. The van der Waals surface area contributed by atoms with E-state index in [-0.39, 0.29) is 37.0 Å². The summed E-state index contributed by atoms with van der Waals surface area (Å²) < 4.78 is 5.05. The second-order valence-corrected chi connectivity index (χ2v) is 6.58. The van der Waals surface area contributed by atoms with Crippen molar-refractivity contribution < 1.29 is 19.1 Å². The van der Waals surface area contributed by atoms with Crippen LogP contribution in [0.15, 0.2) is 24.4 Å². The van der Waals surface area contributed by atoms with Gasteiger partial charge in [-0.05, 0) is 45.4 Å². The summed E-state index contributed by atoms with van der Waals surface area (Å²) in [7, 11) is 0. The minimum Gasteiger partial charge on any atom is -0.461 e. The normalized spacial score (nSPS) is 11.8. The van der Waals surface area contributed by atoms with Crippen LogP contribution in [0.3, 0.4) is 0 Å². The van der Waals surface area contributed by atoms with E-state index in [1.165, 1.54) is 4.90 Å². The maximum atomic E-state index is 13.2. The van der Waals surface area contributed by atoms with E-state index < -0.39 is 12.0 Å². The number of Topliss-reactive ketones (excluding diaryl/α,β-unsaturated/α-hetero) is 1. The number of hydrogen-bond donors (Lipinski definition) is 1. The van der Waals surface area contributed by atoms with Crippen LogP contribution < -0.4 is 0 Å². The van der Waals surface area contributed by atoms with Gasteiger partial charge in [0.2, 0.25) is 5.91 Å². The van der Waals surface area contributed by atoms with Gasteiger partial charge in [0.25, 0.3) is 0 Å². The number of amides is 1. The van der Waals surface area contributed by atoms with Crippen LogP contribution in [-0.2, 0) is 16.1 Å². The quantitative estimate of drug-likeness (QED) is 0.556. The Balaban J connectivity index is 2.35. The monoisotopic (exact) mass is 385 g/mol. The molecule has 7 heteroatoms. The Hall–Kier alpha value is -2.96. The third-order valence-electron chi connectivity index (χ3n) is 4.69.